The highest BCUT2D eigenvalue weighted by Crippen LogP contribution is 2.23. The molecule has 182 valence electrons. The lowest BCUT2D eigenvalue weighted by atomic mass is 10.1. The second kappa shape index (κ2) is 11.2. The lowest BCUT2D eigenvalue weighted by Gasteiger charge is -2.16. The summed E-state index contributed by atoms with van der Waals surface area (Å²) >= 11 is 0. The van der Waals surface area contributed by atoms with Gasteiger partial charge in [0.05, 0.1) is 10.5 Å². The molecule has 0 bridgehead atoms. The molecule has 1 aliphatic rings. The van der Waals surface area contributed by atoms with Gasteiger partial charge in [0.2, 0.25) is 10.0 Å². The molecular formula is C26H26N2O6S. The number of para-hydroxylation sites is 1. The second-order valence-corrected chi connectivity index (χ2v) is 10.00. The maximum Gasteiger partial charge on any atom is 0.338 e. The first kappa shape index (κ1) is 24.4. The van der Waals surface area contributed by atoms with E-state index in [0.29, 0.717) is 30.9 Å². The van der Waals surface area contributed by atoms with Gasteiger partial charge in [-0.25, -0.2) is 13.2 Å². The van der Waals surface area contributed by atoms with E-state index in [0.717, 1.165) is 24.2 Å². The Morgan fingerprint density at radius 1 is 0.886 bits per heavy atom. The molecule has 0 saturated carbocycles. The van der Waals surface area contributed by atoms with Crippen LogP contribution in [0, 0.1) is 0 Å². The summed E-state index contributed by atoms with van der Waals surface area (Å²) in [6.07, 6.45) is 1.68. The van der Waals surface area contributed by atoms with Crippen LogP contribution in [0.25, 0.3) is 0 Å². The zero-order valence-electron chi connectivity index (χ0n) is 19.1. The molecule has 8 nitrogen and oxygen atoms in total. The van der Waals surface area contributed by atoms with Gasteiger partial charge in [-0.2, -0.15) is 4.31 Å². The van der Waals surface area contributed by atoms with Crippen molar-refractivity contribution in [3.63, 3.8) is 0 Å². The number of amides is 1. The van der Waals surface area contributed by atoms with E-state index in [1.807, 2.05) is 30.3 Å². The average Bonchev–Trinajstić information content (AvgIpc) is 3.43. The number of nitrogens with zero attached hydrogens (tertiary/aromatic N) is 1. The molecule has 0 spiro atoms. The third-order valence-electron chi connectivity index (χ3n) is 5.49. The molecule has 1 saturated heterocycles. The average molecular weight is 495 g/mol. The largest absolute Gasteiger partial charge is 0.489 e. The zero-order valence-corrected chi connectivity index (χ0v) is 19.9. The van der Waals surface area contributed by atoms with Crippen LogP contribution in [-0.2, 0) is 26.2 Å². The van der Waals surface area contributed by atoms with Gasteiger partial charge in [0, 0.05) is 18.8 Å². The Morgan fingerprint density at radius 3 is 2.31 bits per heavy atom. The Balaban J connectivity index is 1.27. The maximum atomic E-state index is 12.7. The summed E-state index contributed by atoms with van der Waals surface area (Å²) in [4.78, 5) is 24.7. The lowest BCUT2D eigenvalue weighted by Crippen LogP contribution is -2.28. The van der Waals surface area contributed by atoms with Crippen LogP contribution < -0.4 is 10.1 Å². The van der Waals surface area contributed by atoms with Crippen molar-refractivity contribution < 1.29 is 27.5 Å². The number of carbonyl (C=O) groups excluding carboxylic acids is 2. The summed E-state index contributed by atoms with van der Waals surface area (Å²) in [5.74, 6) is -0.454. The van der Waals surface area contributed by atoms with Crippen molar-refractivity contribution in [1.82, 2.24) is 4.31 Å². The van der Waals surface area contributed by atoms with Gasteiger partial charge >= 0.3 is 5.97 Å². The van der Waals surface area contributed by atoms with Crippen LogP contribution in [0.5, 0.6) is 5.75 Å². The molecule has 9 heteroatoms. The summed E-state index contributed by atoms with van der Waals surface area (Å²) in [6.45, 7) is 0.848. The predicted octanol–water partition coefficient (Wildman–Crippen LogP) is 3.85. The van der Waals surface area contributed by atoms with Gasteiger partial charge in [0.25, 0.3) is 5.91 Å². The summed E-state index contributed by atoms with van der Waals surface area (Å²) in [6, 6.07) is 22.2. The highest BCUT2D eigenvalue weighted by molar-refractivity contribution is 7.89. The Bertz CT molecular complexity index is 1270. The number of benzene rings is 3. The summed E-state index contributed by atoms with van der Waals surface area (Å²) in [5, 5.41) is 2.58. The fraction of sp³-hybridized carbons (Fsp3) is 0.231. The second-order valence-electron chi connectivity index (χ2n) is 8.06. The minimum Gasteiger partial charge on any atom is -0.489 e. The van der Waals surface area contributed by atoms with Crippen molar-refractivity contribution in [3.05, 3.63) is 90.0 Å². The van der Waals surface area contributed by atoms with Crippen molar-refractivity contribution in [2.45, 2.75) is 24.3 Å². The van der Waals surface area contributed by atoms with Crippen molar-refractivity contribution >= 4 is 27.6 Å². The van der Waals surface area contributed by atoms with Crippen LogP contribution in [0.1, 0.15) is 28.8 Å². The number of hydrogen-bond acceptors (Lipinski definition) is 6. The van der Waals surface area contributed by atoms with Crippen molar-refractivity contribution in [2.75, 3.05) is 25.0 Å². The maximum absolute atomic E-state index is 12.7. The summed E-state index contributed by atoms with van der Waals surface area (Å²) < 4.78 is 37.7. The molecule has 3 aromatic rings. The Labute approximate surface area is 204 Å². The molecule has 3 aromatic carbocycles. The minimum atomic E-state index is -3.59. The van der Waals surface area contributed by atoms with Gasteiger partial charge in [-0.15, -0.1) is 0 Å². The van der Waals surface area contributed by atoms with E-state index in [9.17, 15) is 18.0 Å². The zero-order chi connectivity index (χ0) is 24.7. The first-order valence-corrected chi connectivity index (χ1v) is 12.7. The van der Waals surface area contributed by atoms with Crippen LogP contribution >= 0.6 is 0 Å². The van der Waals surface area contributed by atoms with Crippen LogP contribution in [0.3, 0.4) is 0 Å². The van der Waals surface area contributed by atoms with Crippen LogP contribution in [-0.4, -0.2) is 44.3 Å². The SMILES string of the molecule is O=C(COC(=O)c1ccc(COc2ccccc2)cc1)Nc1cccc(S(=O)(=O)N2CCCC2)c1. The number of sulfonamides is 1. The number of hydrogen-bond donors (Lipinski definition) is 1. The fourth-order valence-electron chi connectivity index (χ4n) is 3.64. The molecule has 0 aliphatic carbocycles. The fourth-order valence-corrected chi connectivity index (χ4v) is 5.21. The van der Waals surface area contributed by atoms with Crippen LogP contribution in [0.2, 0.25) is 0 Å². The summed E-state index contributed by atoms with van der Waals surface area (Å²) in [5.41, 5.74) is 1.50. The topological polar surface area (TPSA) is 102 Å². The Hall–Kier alpha value is -3.69. The summed E-state index contributed by atoms with van der Waals surface area (Å²) in [7, 11) is -3.59. The van der Waals surface area contributed by atoms with Crippen LogP contribution in [0.4, 0.5) is 5.69 Å². The molecule has 1 N–H and O–H groups in total. The molecule has 1 heterocycles. The lowest BCUT2D eigenvalue weighted by molar-refractivity contribution is -0.119. The standard InChI is InChI=1S/C26H26N2O6S/c29-25(27-22-7-6-10-24(17-22)35(31,32)28-15-4-5-16-28)19-34-26(30)21-13-11-20(12-14-21)18-33-23-8-2-1-3-9-23/h1-3,6-14,17H,4-5,15-16,18-19H2,(H,27,29). The highest BCUT2D eigenvalue weighted by Gasteiger charge is 2.27. The predicted molar refractivity (Wildman–Crippen MR) is 131 cm³/mol. The first-order valence-electron chi connectivity index (χ1n) is 11.3. The van der Waals surface area contributed by atoms with Crippen molar-refractivity contribution in [2.24, 2.45) is 0 Å². The van der Waals surface area contributed by atoms with Gasteiger partial charge in [0.1, 0.15) is 12.4 Å². The highest BCUT2D eigenvalue weighted by atomic mass is 32.2. The molecule has 1 fully saturated rings. The number of rotatable bonds is 9. The van der Waals surface area contributed by atoms with E-state index in [2.05, 4.69) is 5.32 Å². The van der Waals surface area contributed by atoms with Gasteiger partial charge in [-0.3, -0.25) is 4.79 Å². The smallest absolute Gasteiger partial charge is 0.338 e. The first-order chi connectivity index (χ1) is 16.9. The molecule has 0 radical (unpaired) electrons. The normalized spacial score (nSPS) is 13.8. The van der Waals surface area contributed by atoms with E-state index >= 15 is 0 Å². The molecule has 0 atom stereocenters. The Kier molecular flexibility index (Phi) is 7.79. The van der Waals surface area contributed by atoms with Gasteiger partial charge in [0.15, 0.2) is 6.61 Å². The molecule has 35 heavy (non-hydrogen) atoms. The van der Waals surface area contributed by atoms with E-state index < -0.39 is 28.5 Å². The molecule has 0 aromatic heterocycles. The van der Waals surface area contributed by atoms with Gasteiger partial charge in [-0.1, -0.05) is 36.4 Å². The van der Waals surface area contributed by atoms with E-state index in [1.165, 1.54) is 16.4 Å². The van der Waals surface area contributed by atoms with Gasteiger partial charge in [-0.05, 0) is 60.9 Å². The number of anilines is 1. The Morgan fingerprint density at radius 2 is 1.60 bits per heavy atom. The van der Waals surface area contributed by atoms with Crippen molar-refractivity contribution in [1.29, 1.82) is 0 Å². The minimum absolute atomic E-state index is 0.116. The number of nitrogens with one attached hydrogen (secondary N) is 1. The van der Waals surface area contributed by atoms with E-state index in [4.69, 9.17) is 9.47 Å². The quantitative estimate of drug-likeness (QED) is 0.454. The molecule has 1 amide bonds. The number of carbonyl (C=O) groups is 2. The van der Waals surface area contributed by atoms with E-state index in [1.54, 1.807) is 36.4 Å². The third-order valence-corrected chi connectivity index (χ3v) is 7.39. The monoisotopic (exact) mass is 494 g/mol. The number of esters is 1. The number of ether oxygens (including phenoxy) is 2. The third kappa shape index (κ3) is 6.46. The van der Waals surface area contributed by atoms with E-state index in [-0.39, 0.29) is 4.90 Å². The molecular weight excluding hydrogens is 468 g/mol. The molecule has 4 rings (SSSR count). The van der Waals surface area contributed by atoms with Crippen LogP contribution in [0.15, 0.2) is 83.8 Å². The molecule has 0 unspecified atom stereocenters. The van der Waals surface area contributed by atoms with Gasteiger partial charge < -0.3 is 14.8 Å². The molecule has 1 aliphatic heterocycles. The van der Waals surface area contributed by atoms with Crippen molar-refractivity contribution in [3.8, 4) is 5.75 Å².